The third kappa shape index (κ3) is 11.3. The van der Waals surface area contributed by atoms with Crippen molar-refractivity contribution in [1.82, 2.24) is 0 Å². The molecule has 0 unspecified atom stereocenters. The highest BCUT2D eigenvalue weighted by Gasteiger charge is 2.24. The van der Waals surface area contributed by atoms with Gasteiger partial charge in [0.05, 0.1) is 31.8 Å². The van der Waals surface area contributed by atoms with Gasteiger partial charge in [-0.15, -0.1) is 0 Å². The molecule has 8 heteroatoms. The van der Waals surface area contributed by atoms with Gasteiger partial charge in [-0.25, -0.2) is 9.59 Å². The van der Waals surface area contributed by atoms with Crippen molar-refractivity contribution < 1.29 is 38.1 Å². The number of carbonyl (C=O) groups is 3. The minimum absolute atomic E-state index is 0.257. The van der Waals surface area contributed by atoms with E-state index in [-0.39, 0.29) is 19.2 Å². The lowest BCUT2D eigenvalue weighted by atomic mass is 9.96. The van der Waals surface area contributed by atoms with Crippen LogP contribution in [0.5, 0.6) is 17.2 Å². The summed E-state index contributed by atoms with van der Waals surface area (Å²) in [7, 11) is 0. The quantitative estimate of drug-likeness (QED) is 0.0742. The Morgan fingerprint density at radius 2 is 0.978 bits per heavy atom. The summed E-state index contributed by atoms with van der Waals surface area (Å²) in [6, 6.07) is 21.0. The smallest absolute Gasteiger partial charge is 0.333 e. The Labute approximate surface area is 265 Å². The highest BCUT2D eigenvalue weighted by Crippen LogP contribution is 2.34. The van der Waals surface area contributed by atoms with Gasteiger partial charge >= 0.3 is 17.9 Å². The molecule has 0 aliphatic heterocycles. The Bertz CT molecular complexity index is 1400. The Balaban J connectivity index is 1.71. The molecule has 0 fully saturated rings. The first-order chi connectivity index (χ1) is 21.3. The predicted molar refractivity (Wildman–Crippen MR) is 174 cm³/mol. The van der Waals surface area contributed by atoms with Crippen LogP contribution in [-0.2, 0) is 23.9 Å². The van der Waals surface area contributed by atoms with Crippen LogP contribution < -0.4 is 14.2 Å². The minimum Gasteiger partial charge on any atom is -0.493 e. The molecule has 3 aromatic rings. The predicted octanol–water partition coefficient (Wildman–Crippen LogP) is 7.75. The van der Waals surface area contributed by atoms with E-state index in [9.17, 15) is 14.4 Å². The normalized spacial score (nSPS) is 10.9. The van der Waals surface area contributed by atoms with Crippen LogP contribution in [0.2, 0.25) is 0 Å². The van der Waals surface area contributed by atoms with Crippen LogP contribution in [0.1, 0.15) is 47.5 Å². The van der Waals surface area contributed by atoms with Crippen molar-refractivity contribution in [3.05, 3.63) is 91.0 Å². The summed E-state index contributed by atoms with van der Waals surface area (Å²) in [5.74, 6) is 0.663. The lowest BCUT2D eigenvalue weighted by Crippen LogP contribution is -2.25. The summed E-state index contributed by atoms with van der Waals surface area (Å²) in [4.78, 5) is 35.7. The first-order valence-electron chi connectivity index (χ1n) is 14.8. The van der Waals surface area contributed by atoms with Crippen molar-refractivity contribution in [2.24, 2.45) is 5.41 Å². The largest absolute Gasteiger partial charge is 0.493 e. The maximum absolute atomic E-state index is 12.7. The lowest BCUT2D eigenvalue weighted by Gasteiger charge is -2.18. The Morgan fingerprint density at radius 1 is 0.578 bits per heavy atom. The van der Waals surface area contributed by atoms with Crippen LogP contribution >= 0.6 is 0 Å². The highest BCUT2D eigenvalue weighted by molar-refractivity contribution is 5.87. The topological polar surface area (TPSA) is 97.4 Å². The number of carbonyl (C=O) groups excluding carboxylic acids is 3. The summed E-state index contributed by atoms with van der Waals surface area (Å²) < 4.78 is 27.6. The van der Waals surface area contributed by atoms with Gasteiger partial charge in [-0.3, -0.25) is 4.79 Å². The first kappa shape index (κ1) is 34.6. The number of rotatable bonds is 15. The summed E-state index contributed by atoms with van der Waals surface area (Å²) in [5.41, 5.74) is 3.63. The standard InChI is InChI=1S/C37H42O8/c1-25(2)34(38)43-20-8-18-41-31-14-10-27(11-15-31)29-22-30(24-33(23-29)45-36(40)37(5,6)7)28-12-16-32(17-13-28)42-19-9-21-44-35(39)26(3)4/h10-17,22-24H,1,3,8-9,18-21H2,2,4-7H3. The van der Waals surface area contributed by atoms with Crippen molar-refractivity contribution in [2.45, 2.75) is 47.5 Å². The maximum atomic E-state index is 12.7. The fraction of sp³-hybridized carbons (Fsp3) is 0.324. The average Bonchev–Trinajstić information content (AvgIpc) is 3.00. The summed E-state index contributed by atoms with van der Waals surface area (Å²) in [5, 5.41) is 0. The molecule has 45 heavy (non-hydrogen) atoms. The van der Waals surface area contributed by atoms with Crippen molar-refractivity contribution in [2.75, 3.05) is 26.4 Å². The Hall–Kier alpha value is -4.85. The Kier molecular flexibility index (Phi) is 12.5. The SMILES string of the molecule is C=C(C)C(=O)OCCCOc1ccc(-c2cc(OC(=O)C(C)(C)C)cc(-c3ccc(OCCCOC(=O)C(=C)C)cc3)c2)cc1. The van der Waals surface area contributed by atoms with E-state index in [0.717, 1.165) is 22.3 Å². The van der Waals surface area contributed by atoms with E-state index in [2.05, 4.69) is 13.2 Å². The van der Waals surface area contributed by atoms with E-state index >= 15 is 0 Å². The van der Waals surface area contributed by atoms with Gasteiger partial charge in [0.1, 0.15) is 17.2 Å². The average molecular weight is 615 g/mol. The number of esters is 3. The van der Waals surface area contributed by atoms with Crippen LogP contribution in [0.25, 0.3) is 22.3 Å². The second kappa shape index (κ2) is 16.3. The molecule has 3 rings (SSSR count). The van der Waals surface area contributed by atoms with E-state index in [1.54, 1.807) is 13.8 Å². The molecule has 0 N–H and O–H groups in total. The van der Waals surface area contributed by atoms with Crippen LogP contribution in [-0.4, -0.2) is 44.3 Å². The molecule has 0 spiro atoms. The molecule has 0 aliphatic rings. The van der Waals surface area contributed by atoms with Gasteiger partial charge in [0.25, 0.3) is 0 Å². The molecular weight excluding hydrogens is 572 g/mol. The van der Waals surface area contributed by atoms with Gasteiger partial charge in [-0.05, 0) is 99.3 Å². The number of benzene rings is 3. The van der Waals surface area contributed by atoms with Gasteiger partial charge in [0.15, 0.2) is 0 Å². The van der Waals surface area contributed by atoms with Gasteiger partial charge < -0.3 is 23.7 Å². The van der Waals surface area contributed by atoms with E-state index in [1.165, 1.54) is 0 Å². The molecule has 0 aliphatic carbocycles. The number of hydrogen-bond acceptors (Lipinski definition) is 8. The third-order valence-corrected chi connectivity index (χ3v) is 6.38. The lowest BCUT2D eigenvalue weighted by molar-refractivity contribution is -0.143. The van der Waals surface area contributed by atoms with Crippen LogP contribution in [0, 0.1) is 5.41 Å². The molecule has 0 radical (unpaired) electrons. The monoisotopic (exact) mass is 614 g/mol. The molecule has 0 aromatic heterocycles. The Morgan fingerprint density at radius 3 is 1.33 bits per heavy atom. The van der Waals surface area contributed by atoms with Crippen molar-refractivity contribution >= 4 is 17.9 Å². The molecule has 0 saturated carbocycles. The van der Waals surface area contributed by atoms with Crippen LogP contribution in [0.3, 0.4) is 0 Å². The summed E-state index contributed by atoms with van der Waals surface area (Å²) >= 11 is 0. The molecule has 3 aromatic carbocycles. The highest BCUT2D eigenvalue weighted by atomic mass is 16.5. The fourth-order valence-electron chi connectivity index (χ4n) is 3.81. The van der Waals surface area contributed by atoms with Gasteiger partial charge in [0, 0.05) is 24.0 Å². The van der Waals surface area contributed by atoms with Crippen LogP contribution in [0.4, 0.5) is 0 Å². The van der Waals surface area contributed by atoms with Crippen molar-refractivity contribution in [3.63, 3.8) is 0 Å². The number of ether oxygens (including phenoxy) is 5. The second-order valence-electron chi connectivity index (χ2n) is 11.7. The second-order valence-corrected chi connectivity index (χ2v) is 11.7. The van der Waals surface area contributed by atoms with Crippen molar-refractivity contribution in [1.29, 1.82) is 0 Å². The molecule has 8 nitrogen and oxygen atoms in total. The zero-order chi connectivity index (χ0) is 33.0. The van der Waals surface area contributed by atoms with E-state index in [0.29, 0.717) is 54.5 Å². The summed E-state index contributed by atoms with van der Waals surface area (Å²) in [6.07, 6.45) is 1.11. The molecule has 0 amide bonds. The van der Waals surface area contributed by atoms with Crippen LogP contribution in [0.15, 0.2) is 91.0 Å². The molecular formula is C37H42O8. The molecule has 0 atom stereocenters. The molecule has 238 valence electrons. The summed E-state index contributed by atoms with van der Waals surface area (Å²) in [6.45, 7) is 17.1. The third-order valence-electron chi connectivity index (χ3n) is 6.38. The van der Waals surface area contributed by atoms with Crippen molar-refractivity contribution in [3.8, 4) is 39.5 Å². The zero-order valence-electron chi connectivity index (χ0n) is 26.8. The van der Waals surface area contributed by atoms with E-state index in [1.807, 2.05) is 87.5 Å². The molecule has 0 saturated heterocycles. The van der Waals surface area contributed by atoms with Gasteiger partial charge in [-0.1, -0.05) is 37.4 Å². The fourth-order valence-corrected chi connectivity index (χ4v) is 3.81. The van der Waals surface area contributed by atoms with Gasteiger partial charge in [-0.2, -0.15) is 0 Å². The van der Waals surface area contributed by atoms with E-state index < -0.39 is 17.4 Å². The maximum Gasteiger partial charge on any atom is 0.333 e. The van der Waals surface area contributed by atoms with E-state index in [4.69, 9.17) is 23.7 Å². The zero-order valence-corrected chi connectivity index (χ0v) is 26.8. The molecule has 0 heterocycles. The molecule has 0 bridgehead atoms. The minimum atomic E-state index is -0.667. The van der Waals surface area contributed by atoms with Gasteiger partial charge in [0.2, 0.25) is 0 Å². The number of hydrogen-bond donors (Lipinski definition) is 0. The first-order valence-corrected chi connectivity index (χ1v) is 14.8.